The molecule has 2 aromatic carbocycles. The van der Waals surface area contributed by atoms with E-state index in [-0.39, 0.29) is 11.0 Å². The van der Waals surface area contributed by atoms with Gasteiger partial charge in [0.2, 0.25) is 0 Å². The molecule has 4 aromatic heterocycles. The molecule has 0 aliphatic carbocycles. The third-order valence-electron chi connectivity index (χ3n) is 6.60. The number of aryl methyl sites for hydroxylation is 1. The predicted octanol–water partition coefficient (Wildman–Crippen LogP) is 5.15. The zero-order chi connectivity index (χ0) is 26.4. The Labute approximate surface area is 221 Å². The second-order valence-electron chi connectivity index (χ2n) is 8.97. The van der Waals surface area contributed by atoms with Crippen LogP contribution in [-0.4, -0.2) is 29.7 Å². The van der Waals surface area contributed by atoms with Crippen LogP contribution in [0, 0.1) is 6.92 Å². The number of hydrogen-bond acceptors (Lipinski definition) is 6. The summed E-state index contributed by atoms with van der Waals surface area (Å²) >= 11 is 7.12. The summed E-state index contributed by atoms with van der Waals surface area (Å²) in [6, 6.07) is 15.8. The van der Waals surface area contributed by atoms with Crippen molar-refractivity contribution in [2.24, 2.45) is 0 Å². The average Bonchev–Trinajstić information content (AvgIpc) is 3.36. The quantitative estimate of drug-likeness (QED) is 0.287. The molecule has 10 heteroatoms. The minimum atomic E-state index is -0.520. The number of aromatic amines is 2. The van der Waals surface area contributed by atoms with Crippen LogP contribution in [-0.2, 0) is 0 Å². The molecule has 0 bridgehead atoms. The molecular weight excluding hydrogens is 502 g/mol. The van der Waals surface area contributed by atoms with Crippen LogP contribution in [0.1, 0.15) is 24.2 Å². The Morgan fingerprint density at radius 3 is 2.58 bits per heavy atom. The van der Waals surface area contributed by atoms with Crippen molar-refractivity contribution in [2.75, 3.05) is 5.32 Å². The number of rotatable bonds is 5. The lowest BCUT2D eigenvalue weighted by molar-refractivity contribution is 0.774. The monoisotopic (exact) mass is 523 g/mol. The van der Waals surface area contributed by atoms with Gasteiger partial charge in [-0.2, -0.15) is 5.10 Å². The third-order valence-corrected chi connectivity index (χ3v) is 6.99. The first-order valence-corrected chi connectivity index (χ1v) is 12.4. The number of anilines is 1. The van der Waals surface area contributed by atoms with E-state index in [2.05, 4.69) is 30.5 Å². The zero-order valence-electron chi connectivity index (χ0n) is 20.5. The van der Waals surface area contributed by atoms with E-state index in [9.17, 15) is 9.59 Å². The lowest BCUT2D eigenvalue weighted by Crippen LogP contribution is -2.27. The highest BCUT2D eigenvalue weighted by Crippen LogP contribution is 2.36. The molecule has 0 amide bonds. The van der Waals surface area contributed by atoms with E-state index >= 15 is 0 Å². The van der Waals surface area contributed by atoms with E-state index in [4.69, 9.17) is 11.6 Å². The SMILES string of the molecule is Cc1c[nH]nc1-c1cccc2c(Cl)c([C@H](C)Nc3ncnc4[nH]ccc(=O)c34)n(-c3ccccc3)c(=O)c12. The summed E-state index contributed by atoms with van der Waals surface area (Å²) in [6.45, 7) is 3.81. The van der Waals surface area contributed by atoms with Gasteiger partial charge in [0.25, 0.3) is 5.56 Å². The number of halogens is 1. The third kappa shape index (κ3) is 3.75. The highest BCUT2D eigenvalue weighted by Gasteiger charge is 2.25. The highest BCUT2D eigenvalue weighted by molar-refractivity contribution is 6.36. The molecule has 0 saturated carbocycles. The standard InChI is InChI=1S/C28H22ClN7O2/c1-15-13-33-35-24(15)19-10-6-9-18-21(19)28(38)36(17-7-4-3-5-8-17)25(23(18)29)16(2)34-27-22-20(37)11-12-30-26(22)31-14-32-27/h3-14,16H,1-2H3,(H,33,35)(H2,30,31,32,34,37)/t16-/m0/s1. The Hall–Kier alpha value is -4.76. The van der Waals surface area contributed by atoms with Gasteiger partial charge in [-0.05, 0) is 31.5 Å². The number of para-hydroxylation sites is 1. The van der Waals surface area contributed by atoms with Gasteiger partial charge < -0.3 is 10.3 Å². The molecule has 188 valence electrons. The van der Waals surface area contributed by atoms with Gasteiger partial charge in [-0.1, -0.05) is 48.0 Å². The lowest BCUT2D eigenvalue weighted by Gasteiger charge is -2.24. The molecule has 0 fully saturated rings. The van der Waals surface area contributed by atoms with Gasteiger partial charge in [0.1, 0.15) is 23.2 Å². The number of nitrogens with zero attached hydrogens (tertiary/aromatic N) is 4. The van der Waals surface area contributed by atoms with Gasteiger partial charge in [-0.3, -0.25) is 19.3 Å². The van der Waals surface area contributed by atoms with E-state index in [1.54, 1.807) is 10.8 Å². The molecule has 0 radical (unpaired) electrons. The summed E-state index contributed by atoms with van der Waals surface area (Å²) < 4.78 is 1.61. The van der Waals surface area contributed by atoms with Crippen molar-refractivity contribution in [2.45, 2.75) is 19.9 Å². The van der Waals surface area contributed by atoms with Crippen LogP contribution in [0.25, 0.3) is 38.8 Å². The van der Waals surface area contributed by atoms with Crippen molar-refractivity contribution >= 4 is 39.2 Å². The topological polar surface area (TPSA) is 121 Å². The van der Waals surface area contributed by atoms with Crippen LogP contribution in [0.4, 0.5) is 5.82 Å². The summed E-state index contributed by atoms with van der Waals surface area (Å²) in [5.74, 6) is 0.341. The first-order chi connectivity index (χ1) is 18.5. The molecule has 0 unspecified atom stereocenters. The number of fused-ring (bicyclic) bond motifs is 2. The van der Waals surface area contributed by atoms with E-state index in [1.165, 1.54) is 18.6 Å². The Morgan fingerprint density at radius 2 is 1.82 bits per heavy atom. The van der Waals surface area contributed by atoms with Crippen molar-refractivity contribution in [1.82, 2.24) is 29.7 Å². The Bertz CT molecular complexity index is 1940. The first kappa shape index (κ1) is 23.6. The van der Waals surface area contributed by atoms with Gasteiger partial charge >= 0.3 is 0 Å². The number of aromatic nitrogens is 6. The van der Waals surface area contributed by atoms with Crippen LogP contribution < -0.4 is 16.3 Å². The van der Waals surface area contributed by atoms with Crippen molar-refractivity contribution in [3.8, 4) is 16.9 Å². The summed E-state index contributed by atoms with van der Waals surface area (Å²) in [5.41, 5.74) is 3.44. The smallest absolute Gasteiger partial charge is 0.264 e. The van der Waals surface area contributed by atoms with Gasteiger partial charge in [0, 0.05) is 35.1 Å². The summed E-state index contributed by atoms with van der Waals surface area (Å²) in [7, 11) is 0. The number of hydrogen-bond donors (Lipinski definition) is 3. The van der Waals surface area contributed by atoms with E-state index in [0.717, 1.165) is 5.56 Å². The maximum absolute atomic E-state index is 14.3. The van der Waals surface area contributed by atoms with E-state index in [0.29, 0.717) is 55.3 Å². The molecule has 6 aromatic rings. The number of nitrogens with one attached hydrogen (secondary N) is 3. The fraction of sp³-hybridized carbons (Fsp3) is 0.107. The number of benzene rings is 2. The molecule has 0 aliphatic rings. The van der Waals surface area contributed by atoms with E-state index in [1.807, 2.05) is 62.4 Å². The van der Waals surface area contributed by atoms with Gasteiger partial charge in [-0.25, -0.2) is 9.97 Å². The van der Waals surface area contributed by atoms with Crippen LogP contribution >= 0.6 is 11.6 Å². The molecule has 38 heavy (non-hydrogen) atoms. The van der Waals surface area contributed by atoms with Crippen molar-refractivity contribution in [3.63, 3.8) is 0 Å². The fourth-order valence-corrected chi connectivity index (χ4v) is 5.26. The molecule has 4 heterocycles. The highest BCUT2D eigenvalue weighted by atomic mass is 35.5. The normalized spacial score (nSPS) is 12.2. The summed E-state index contributed by atoms with van der Waals surface area (Å²) in [5, 5.41) is 12.4. The Morgan fingerprint density at radius 1 is 1.00 bits per heavy atom. The Kier molecular flexibility index (Phi) is 5.77. The molecule has 0 aliphatic heterocycles. The first-order valence-electron chi connectivity index (χ1n) is 12.0. The van der Waals surface area contributed by atoms with Crippen molar-refractivity contribution in [3.05, 3.63) is 110 Å². The maximum Gasteiger partial charge on any atom is 0.264 e. The zero-order valence-corrected chi connectivity index (χ0v) is 21.2. The summed E-state index contributed by atoms with van der Waals surface area (Å²) in [4.78, 5) is 38.4. The minimum Gasteiger partial charge on any atom is -0.361 e. The van der Waals surface area contributed by atoms with Crippen LogP contribution in [0.15, 0.2) is 82.9 Å². The molecule has 1 atom stereocenters. The van der Waals surface area contributed by atoms with Crippen molar-refractivity contribution < 1.29 is 0 Å². The maximum atomic E-state index is 14.3. The number of pyridine rings is 2. The Balaban J connectivity index is 1.63. The van der Waals surface area contributed by atoms with Crippen LogP contribution in [0.2, 0.25) is 5.02 Å². The predicted molar refractivity (Wildman–Crippen MR) is 149 cm³/mol. The number of H-pyrrole nitrogens is 2. The van der Waals surface area contributed by atoms with Crippen molar-refractivity contribution in [1.29, 1.82) is 0 Å². The minimum absolute atomic E-state index is 0.224. The lowest BCUT2D eigenvalue weighted by atomic mass is 9.99. The van der Waals surface area contributed by atoms with E-state index < -0.39 is 6.04 Å². The van der Waals surface area contributed by atoms with Gasteiger partial charge in [0.15, 0.2) is 5.43 Å². The second kappa shape index (κ2) is 9.28. The summed E-state index contributed by atoms with van der Waals surface area (Å²) in [6.07, 6.45) is 4.70. The average molecular weight is 524 g/mol. The molecule has 0 saturated heterocycles. The van der Waals surface area contributed by atoms with Gasteiger partial charge in [-0.15, -0.1) is 0 Å². The molecular formula is C28H22ClN7O2. The fourth-order valence-electron chi connectivity index (χ4n) is 4.85. The largest absolute Gasteiger partial charge is 0.361 e. The molecule has 3 N–H and O–H groups in total. The molecule has 0 spiro atoms. The van der Waals surface area contributed by atoms with Gasteiger partial charge in [0.05, 0.1) is 27.8 Å². The molecule has 9 nitrogen and oxygen atoms in total. The van der Waals surface area contributed by atoms with Crippen LogP contribution in [0.5, 0.6) is 0 Å². The molecule has 6 rings (SSSR count). The second-order valence-corrected chi connectivity index (χ2v) is 9.35. The van der Waals surface area contributed by atoms with Crippen LogP contribution in [0.3, 0.4) is 0 Å².